The molecule has 4 rings (SSSR count). The predicted molar refractivity (Wildman–Crippen MR) is 95.7 cm³/mol. The van der Waals surface area contributed by atoms with Gasteiger partial charge >= 0.3 is 0 Å². The van der Waals surface area contributed by atoms with Gasteiger partial charge < -0.3 is 15.0 Å². The van der Waals surface area contributed by atoms with E-state index in [2.05, 4.69) is 10.3 Å². The number of benzene rings is 2. The number of amides is 1. The summed E-state index contributed by atoms with van der Waals surface area (Å²) in [5.41, 5.74) is 5.40. The molecule has 0 saturated carbocycles. The predicted octanol–water partition coefficient (Wildman–Crippen LogP) is 4.18. The fourth-order valence-corrected chi connectivity index (χ4v) is 2.99. The van der Waals surface area contributed by atoms with Gasteiger partial charge in [0.1, 0.15) is 5.75 Å². The summed E-state index contributed by atoms with van der Waals surface area (Å²) in [7, 11) is 1.65. The van der Waals surface area contributed by atoms with Crippen molar-refractivity contribution in [3.8, 4) is 16.9 Å². The minimum absolute atomic E-state index is 0.0828. The minimum atomic E-state index is -0.0828. The molecule has 1 aliphatic rings. The van der Waals surface area contributed by atoms with Crippen LogP contribution in [0.25, 0.3) is 22.8 Å². The third kappa shape index (κ3) is 2.38. The molecule has 1 aliphatic heterocycles. The molecule has 2 aromatic carbocycles. The van der Waals surface area contributed by atoms with Crippen molar-refractivity contribution in [2.75, 3.05) is 12.4 Å². The summed E-state index contributed by atoms with van der Waals surface area (Å²) in [5.74, 6) is 0.725. The van der Waals surface area contributed by atoms with Crippen LogP contribution in [0.2, 0.25) is 0 Å². The number of hydrogen-bond donors (Lipinski definition) is 2. The molecule has 0 spiro atoms. The highest BCUT2D eigenvalue weighted by molar-refractivity contribution is 6.36. The molecule has 3 aromatic rings. The van der Waals surface area contributed by atoms with Crippen molar-refractivity contribution in [1.82, 2.24) is 4.98 Å². The number of anilines is 1. The van der Waals surface area contributed by atoms with Crippen molar-refractivity contribution >= 4 is 23.2 Å². The summed E-state index contributed by atoms with van der Waals surface area (Å²) in [4.78, 5) is 15.5. The Morgan fingerprint density at radius 2 is 1.83 bits per heavy atom. The fourth-order valence-electron chi connectivity index (χ4n) is 2.99. The van der Waals surface area contributed by atoms with Crippen LogP contribution in [0.3, 0.4) is 0 Å². The van der Waals surface area contributed by atoms with Crippen LogP contribution in [-0.2, 0) is 4.79 Å². The average Bonchev–Trinajstić information content (AvgIpc) is 3.23. The third-order valence-electron chi connectivity index (χ3n) is 4.15. The lowest BCUT2D eigenvalue weighted by Crippen LogP contribution is -2.03. The maximum atomic E-state index is 12.4. The van der Waals surface area contributed by atoms with Gasteiger partial charge in [0, 0.05) is 23.1 Å². The summed E-state index contributed by atoms with van der Waals surface area (Å²) in [5, 5.41) is 2.95. The van der Waals surface area contributed by atoms with Gasteiger partial charge in [0.05, 0.1) is 12.7 Å². The maximum Gasteiger partial charge on any atom is 0.256 e. The molecule has 0 bridgehead atoms. The van der Waals surface area contributed by atoms with Gasteiger partial charge in [0.25, 0.3) is 5.91 Å². The van der Waals surface area contributed by atoms with Crippen LogP contribution in [0.15, 0.2) is 60.8 Å². The Kier molecular flexibility index (Phi) is 3.43. The number of H-pyrrole nitrogens is 1. The first kappa shape index (κ1) is 14.3. The third-order valence-corrected chi connectivity index (χ3v) is 4.15. The van der Waals surface area contributed by atoms with Crippen molar-refractivity contribution in [1.29, 1.82) is 0 Å². The first-order chi connectivity index (χ1) is 11.8. The van der Waals surface area contributed by atoms with Gasteiger partial charge in [-0.25, -0.2) is 0 Å². The summed E-state index contributed by atoms with van der Waals surface area (Å²) in [6.45, 7) is 0. The van der Waals surface area contributed by atoms with E-state index < -0.39 is 0 Å². The van der Waals surface area contributed by atoms with Crippen molar-refractivity contribution in [2.45, 2.75) is 0 Å². The number of methoxy groups -OCH3 is 1. The maximum absolute atomic E-state index is 12.4. The molecule has 0 saturated heterocycles. The summed E-state index contributed by atoms with van der Waals surface area (Å²) >= 11 is 0. The molecule has 0 aliphatic carbocycles. The molecular weight excluding hydrogens is 300 g/mol. The molecule has 0 atom stereocenters. The summed E-state index contributed by atoms with van der Waals surface area (Å²) in [6.07, 6.45) is 3.73. The van der Waals surface area contributed by atoms with E-state index in [4.69, 9.17) is 4.74 Å². The molecule has 2 N–H and O–H groups in total. The lowest BCUT2D eigenvalue weighted by Gasteiger charge is -2.09. The molecule has 4 nitrogen and oxygen atoms in total. The van der Waals surface area contributed by atoms with Crippen molar-refractivity contribution in [2.24, 2.45) is 0 Å². The topological polar surface area (TPSA) is 54.1 Å². The summed E-state index contributed by atoms with van der Waals surface area (Å²) < 4.78 is 5.22. The van der Waals surface area contributed by atoms with Crippen LogP contribution >= 0.6 is 0 Å². The molecule has 0 radical (unpaired) electrons. The largest absolute Gasteiger partial charge is 0.497 e. The highest BCUT2D eigenvalue weighted by Gasteiger charge is 2.27. The Hall–Kier alpha value is -3.27. The Balaban J connectivity index is 1.87. The molecule has 118 valence electrons. The lowest BCUT2D eigenvalue weighted by atomic mass is 9.94. The van der Waals surface area contributed by atoms with Crippen molar-refractivity contribution in [3.05, 3.63) is 72.1 Å². The van der Waals surface area contributed by atoms with Crippen LogP contribution < -0.4 is 10.1 Å². The molecule has 0 fully saturated rings. The van der Waals surface area contributed by atoms with Crippen LogP contribution in [0.4, 0.5) is 5.69 Å². The number of ether oxygens (including phenoxy) is 1. The number of aromatic nitrogens is 1. The molecule has 24 heavy (non-hydrogen) atoms. The van der Waals surface area contributed by atoms with E-state index in [-0.39, 0.29) is 5.91 Å². The van der Waals surface area contributed by atoms with E-state index in [0.717, 1.165) is 33.8 Å². The standard InChI is InChI=1S/C20H16N2O2/c1-24-15-9-7-13(8-10-15)16-5-2-6-18-19(16)17(20(23)22-18)12-14-4-3-11-21-14/h2-12,21H,1H3,(H,22,23). The van der Waals surface area contributed by atoms with Gasteiger partial charge in [-0.2, -0.15) is 0 Å². The normalized spacial score (nSPS) is 14.5. The Labute approximate surface area is 139 Å². The van der Waals surface area contributed by atoms with E-state index in [1.807, 2.05) is 66.9 Å². The van der Waals surface area contributed by atoms with Gasteiger partial charge in [-0.3, -0.25) is 4.79 Å². The van der Waals surface area contributed by atoms with E-state index in [1.54, 1.807) is 7.11 Å². The first-order valence-electron chi connectivity index (χ1n) is 7.70. The minimum Gasteiger partial charge on any atom is -0.497 e. The number of carbonyl (C=O) groups excluding carboxylic acids is 1. The van der Waals surface area contributed by atoms with Crippen LogP contribution in [0.1, 0.15) is 11.3 Å². The van der Waals surface area contributed by atoms with Crippen molar-refractivity contribution < 1.29 is 9.53 Å². The second-order valence-corrected chi connectivity index (χ2v) is 5.59. The Morgan fingerprint density at radius 1 is 1.00 bits per heavy atom. The van der Waals surface area contributed by atoms with Crippen LogP contribution in [0, 0.1) is 0 Å². The second kappa shape index (κ2) is 5.74. The first-order valence-corrected chi connectivity index (χ1v) is 7.70. The van der Waals surface area contributed by atoms with Crippen molar-refractivity contribution in [3.63, 3.8) is 0 Å². The molecule has 0 unspecified atom stereocenters. The lowest BCUT2D eigenvalue weighted by molar-refractivity contribution is -0.110. The van der Waals surface area contributed by atoms with E-state index in [1.165, 1.54) is 0 Å². The zero-order valence-corrected chi connectivity index (χ0v) is 13.2. The molecule has 1 amide bonds. The van der Waals surface area contributed by atoms with E-state index >= 15 is 0 Å². The number of hydrogen-bond acceptors (Lipinski definition) is 2. The van der Waals surface area contributed by atoms with Crippen LogP contribution in [0.5, 0.6) is 5.75 Å². The summed E-state index contributed by atoms with van der Waals surface area (Å²) in [6, 6.07) is 17.6. The Bertz CT molecular complexity index is 923. The van der Waals surface area contributed by atoms with E-state index in [9.17, 15) is 4.79 Å². The number of nitrogens with one attached hydrogen (secondary N) is 2. The van der Waals surface area contributed by atoms with Gasteiger partial charge in [-0.1, -0.05) is 24.3 Å². The zero-order chi connectivity index (χ0) is 16.5. The van der Waals surface area contributed by atoms with Crippen LogP contribution in [-0.4, -0.2) is 18.0 Å². The smallest absolute Gasteiger partial charge is 0.256 e. The zero-order valence-electron chi connectivity index (χ0n) is 13.2. The van der Waals surface area contributed by atoms with Gasteiger partial charge in [-0.15, -0.1) is 0 Å². The number of rotatable bonds is 3. The number of fused-ring (bicyclic) bond motifs is 1. The highest BCUT2D eigenvalue weighted by Crippen LogP contribution is 2.40. The average molecular weight is 316 g/mol. The highest BCUT2D eigenvalue weighted by atomic mass is 16.5. The molecule has 2 heterocycles. The monoisotopic (exact) mass is 316 g/mol. The van der Waals surface area contributed by atoms with E-state index in [0.29, 0.717) is 5.57 Å². The molecule has 1 aromatic heterocycles. The molecule has 4 heteroatoms. The molecular formula is C20H16N2O2. The number of aromatic amines is 1. The quantitative estimate of drug-likeness (QED) is 0.712. The SMILES string of the molecule is COc1ccc(-c2cccc3c2C(=Cc2ccc[nH]2)C(=O)N3)cc1. The van der Waals surface area contributed by atoms with Gasteiger partial charge in [0.2, 0.25) is 0 Å². The fraction of sp³-hybridized carbons (Fsp3) is 0.0500. The van der Waals surface area contributed by atoms with Gasteiger partial charge in [0.15, 0.2) is 0 Å². The Morgan fingerprint density at radius 3 is 2.54 bits per heavy atom. The number of carbonyl (C=O) groups is 1. The second-order valence-electron chi connectivity index (χ2n) is 5.59. The van der Waals surface area contributed by atoms with Gasteiger partial charge in [-0.05, 0) is 47.5 Å².